The molecule has 0 heterocycles. The maximum Gasteiger partial charge on any atom is 0.264 e. The number of carbonyl (C=O) groups is 2. The summed E-state index contributed by atoms with van der Waals surface area (Å²) in [6.45, 7) is 9.10. The summed E-state index contributed by atoms with van der Waals surface area (Å²) in [5.74, 6) is -0.669. The molecule has 0 unspecified atom stereocenters. The van der Waals surface area contributed by atoms with Crippen molar-refractivity contribution in [3.8, 4) is 0 Å². The van der Waals surface area contributed by atoms with Crippen LogP contribution < -0.4 is 9.62 Å². The van der Waals surface area contributed by atoms with Crippen molar-refractivity contribution >= 4 is 27.5 Å². The van der Waals surface area contributed by atoms with E-state index in [4.69, 9.17) is 0 Å². The molecule has 1 saturated carbocycles. The molecule has 4 rings (SSSR count). The number of rotatable bonds is 10. The van der Waals surface area contributed by atoms with E-state index in [9.17, 15) is 18.0 Å². The normalized spacial score (nSPS) is 14.5. The van der Waals surface area contributed by atoms with Crippen LogP contribution in [0.2, 0.25) is 0 Å². The Kier molecular flexibility index (Phi) is 9.53. The van der Waals surface area contributed by atoms with Crippen LogP contribution in [0, 0.1) is 27.7 Å². The molecule has 1 atom stereocenters. The van der Waals surface area contributed by atoms with Crippen LogP contribution in [0.1, 0.15) is 60.4 Å². The van der Waals surface area contributed by atoms with Gasteiger partial charge in [0, 0.05) is 12.6 Å². The fourth-order valence-electron chi connectivity index (χ4n) is 5.30. The first kappa shape index (κ1) is 30.3. The summed E-state index contributed by atoms with van der Waals surface area (Å²) in [5, 5.41) is 3.11. The number of anilines is 1. The van der Waals surface area contributed by atoms with E-state index in [1.54, 1.807) is 43.3 Å². The third-order valence-electron chi connectivity index (χ3n) is 8.20. The van der Waals surface area contributed by atoms with Gasteiger partial charge in [-0.05, 0) is 87.9 Å². The monoisotopic (exact) mass is 575 g/mol. The molecule has 2 amide bonds. The van der Waals surface area contributed by atoms with Gasteiger partial charge in [-0.1, -0.05) is 66.9 Å². The van der Waals surface area contributed by atoms with Crippen molar-refractivity contribution in [1.82, 2.24) is 10.2 Å². The van der Waals surface area contributed by atoms with E-state index < -0.39 is 28.5 Å². The van der Waals surface area contributed by atoms with Crippen molar-refractivity contribution in [1.29, 1.82) is 0 Å². The van der Waals surface area contributed by atoms with Crippen molar-refractivity contribution in [2.24, 2.45) is 0 Å². The molecule has 3 aromatic rings. The molecule has 0 bridgehead atoms. The zero-order valence-corrected chi connectivity index (χ0v) is 25.5. The van der Waals surface area contributed by atoms with Crippen LogP contribution in [0.15, 0.2) is 71.6 Å². The van der Waals surface area contributed by atoms with E-state index in [2.05, 4.69) is 5.32 Å². The number of carbonyl (C=O) groups excluding carboxylic acids is 2. The molecule has 218 valence electrons. The molecule has 7 nitrogen and oxygen atoms in total. The number of aryl methyl sites for hydroxylation is 3. The topological polar surface area (TPSA) is 86.8 Å². The number of hydrogen-bond donors (Lipinski definition) is 1. The van der Waals surface area contributed by atoms with Crippen LogP contribution in [0.25, 0.3) is 0 Å². The summed E-state index contributed by atoms with van der Waals surface area (Å²) in [6, 6.07) is 19.1. The zero-order chi connectivity index (χ0) is 29.7. The third kappa shape index (κ3) is 6.99. The lowest BCUT2D eigenvalue weighted by Gasteiger charge is -2.33. The number of sulfonamides is 1. The Balaban J connectivity index is 1.73. The third-order valence-corrected chi connectivity index (χ3v) is 9.98. The molecule has 3 aromatic carbocycles. The minimum atomic E-state index is -4.10. The summed E-state index contributed by atoms with van der Waals surface area (Å²) >= 11 is 0. The van der Waals surface area contributed by atoms with E-state index >= 15 is 0 Å². The van der Waals surface area contributed by atoms with Crippen LogP contribution in [-0.4, -0.2) is 43.8 Å². The predicted molar refractivity (Wildman–Crippen MR) is 163 cm³/mol. The van der Waals surface area contributed by atoms with Crippen LogP contribution in [0.4, 0.5) is 5.69 Å². The Bertz CT molecular complexity index is 1500. The van der Waals surface area contributed by atoms with Crippen molar-refractivity contribution in [2.45, 2.75) is 83.8 Å². The second-order valence-corrected chi connectivity index (χ2v) is 13.0. The largest absolute Gasteiger partial charge is 0.352 e. The molecule has 1 aliphatic carbocycles. The molecule has 41 heavy (non-hydrogen) atoms. The van der Waals surface area contributed by atoms with Gasteiger partial charge in [-0.2, -0.15) is 0 Å². The highest BCUT2D eigenvalue weighted by Gasteiger charge is 2.34. The smallest absolute Gasteiger partial charge is 0.264 e. The van der Waals surface area contributed by atoms with Crippen LogP contribution >= 0.6 is 0 Å². The Morgan fingerprint density at radius 3 is 2.17 bits per heavy atom. The van der Waals surface area contributed by atoms with Gasteiger partial charge in [0.05, 0.1) is 10.6 Å². The van der Waals surface area contributed by atoms with Crippen molar-refractivity contribution in [3.63, 3.8) is 0 Å². The summed E-state index contributed by atoms with van der Waals surface area (Å²) in [6.07, 6.45) is 4.01. The minimum absolute atomic E-state index is 0.105. The maximum atomic E-state index is 14.2. The predicted octanol–water partition coefficient (Wildman–Crippen LogP) is 5.59. The lowest BCUT2D eigenvalue weighted by Crippen LogP contribution is -2.52. The van der Waals surface area contributed by atoms with E-state index in [1.807, 2.05) is 58.0 Å². The van der Waals surface area contributed by atoms with E-state index in [-0.39, 0.29) is 23.4 Å². The van der Waals surface area contributed by atoms with E-state index in [0.29, 0.717) is 5.69 Å². The Hall–Kier alpha value is -3.65. The minimum Gasteiger partial charge on any atom is -0.352 e. The molecule has 0 saturated heterocycles. The summed E-state index contributed by atoms with van der Waals surface area (Å²) in [4.78, 5) is 29.2. The van der Waals surface area contributed by atoms with Gasteiger partial charge in [-0.3, -0.25) is 13.9 Å². The number of benzene rings is 3. The highest BCUT2D eigenvalue weighted by molar-refractivity contribution is 7.92. The molecule has 0 spiro atoms. The number of nitrogens with one attached hydrogen (secondary N) is 1. The molecular formula is C33H41N3O4S. The summed E-state index contributed by atoms with van der Waals surface area (Å²) < 4.78 is 29.4. The molecule has 1 N–H and O–H groups in total. The van der Waals surface area contributed by atoms with Crippen molar-refractivity contribution in [2.75, 3.05) is 10.8 Å². The number of amides is 2. The van der Waals surface area contributed by atoms with Gasteiger partial charge in [0.1, 0.15) is 12.6 Å². The number of hydrogen-bond acceptors (Lipinski definition) is 4. The molecule has 0 radical (unpaired) electrons. The van der Waals surface area contributed by atoms with Crippen molar-refractivity contribution in [3.05, 3.63) is 94.5 Å². The molecule has 1 fully saturated rings. The first-order valence-electron chi connectivity index (χ1n) is 14.3. The highest BCUT2D eigenvalue weighted by Crippen LogP contribution is 2.29. The maximum absolute atomic E-state index is 14.2. The first-order chi connectivity index (χ1) is 19.5. The quantitative estimate of drug-likeness (QED) is 0.341. The molecule has 8 heteroatoms. The molecular weight excluding hydrogens is 534 g/mol. The first-order valence-corrected chi connectivity index (χ1v) is 15.7. The Morgan fingerprint density at radius 1 is 0.878 bits per heavy atom. The second-order valence-electron chi connectivity index (χ2n) is 11.2. The van der Waals surface area contributed by atoms with Gasteiger partial charge in [-0.25, -0.2) is 8.42 Å². The second kappa shape index (κ2) is 12.9. The molecule has 1 aliphatic rings. The van der Waals surface area contributed by atoms with Gasteiger partial charge in [0.25, 0.3) is 10.0 Å². The van der Waals surface area contributed by atoms with Crippen molar-refractivity contribution < 1.29 is 18.0 Å². The lowest BCUT2D eigenvalue weighted by atomic mass is 10.1. The number of nitrogens with zero attached hydrogens (tertiary/aromatic N) is 2. The van der Waals surface area contributed by atoms with Gasteiger partial charge in [-0.15, -0.1) is 0 Å². The SMILES string of the molecule is Cc1ccc(S(=O)(=O)N(CC(=O)N(Cc2ccccc2C)[C@H](C)C(=O)NC2CCCC2)c2cccc(C)c2C)cc1. The van der Waals surface area contributed by atoms with Gasteiger partial charge in [0.15, 0.2) is 0 Å². The standard InChI is InChI=1S/C33H41N3O4S/c1-23-17-19-30(20-18-23)41(39,40)36(31-16-10-12-24(2)26(31)4)22-32(37)35(21-28-13-7-6-11-25(28)3)27(5)33(38)34-29-14-8-9-15-29/h6-7,10-13,16-20,27,29H,8-9,14-15,21-22H2,1-5H3,(H,34,38)/t27-/m1/s1. The van der Waals surface area contributed by atoms with E-state index in [1.165, 1.54) is 9.21 Å². The van der Waals surface area contributed by atoms with Gasteiger partial charge >= 0.3 is 0 Å². The average molecular weight is 576 g/mol. The zero-order valence-electron chi connectivity index (χ0n) is 24.7. The Labute approximate surface area is 244 Å². The summed E-state index contributed by atoms with van der Waals surface area (Å²) in [7, 11) is -4.10. The lowest BCUT2D eigenvalue weighted by molar-refractivity contribution is -0.139. The molecule has 0 aromatic heterocycles. The average Bonchev–Trinajstić information content (AvgIpc) is 3.45. The Morgan fingerprint density at radius 2 is 1.51 bits per heavy atom. The van der Waals surface area contributed by atoms with Gasteiger partial charge < -0.3 is 10.2 Å². The van der Waals surface area contributed by atoms with Crippen LogP contribution in [-0.2, 0) is 26.2 Å². The molecule has 0 aliphatic heterocycles. The summed E-state index contributed by atoms with van der Waals surface area (Å²) in [5.41, 5.74) is 4.96. The van der Waals surface area contributed by atoms with Gasteiger partial charge in [0.2, 0.25) is 11.8 Å². The fourth-order valence-corrected chi connectivity index (χ4v) is 6.77. The van der Waals surface area contributed by atoms with Crippen LogP contribution in [0.5, 0.6) is 0 Å². The fraction of sp³-hybridized carbons (Fsp3) is 0.394. The van der Waals surface area contributed by atoms with E-state index in [0.717, 1.165) is 53.5 Å². The highest BCUT2D eigenvalue weighted by atomic mass is 32.2. The van der Waals surface area contributed by atoms with Crippen LogP contribution in [0.3, 0.4) is 0 Å².